The predicted octanol–water partition coefficient (Wildman–Crippen LogP) is 4.00. The molecule has 1 heterocycles. The lowest BCUT2D eigenvalue weighted by Crippen LogP contribution is -2.09. The van der Waals surface area contributed by atoms with E-state index in [4.69, 9.17) is 4.84 Å². The standard InChI is InChI=1S/C20H16N2O2/c1-15-10-12-17(13-11-15)20(23)24-22-19(16-7-3-2-4-8-16)18-9-5-6-14-21-18/h2-14H,1H3. The van der Waals surface area contributed by atoms with Crippen LogP contribution in [-0.4, -0.2) is 16.7 Å². The Balaban J connectivity index is 1.90. The molecular weight excluding hydrogens is 300 g/mol. The lowest BCUT2D eigenvalue weighted by molar-refractivity contribution is 0.0517. The second-order valence-electron chi connectivity index (χ2n) is 5.27. The van der Waals surface area contributed by atoms with Crippen LogP contribution in [-0.2, 0) is 4.84 Å². The molecule has 1 aromatic heterocycles. The van der Waals surface area contributed by atoms with E-state index in [1.165, 1.54) is 0 Å². The molecule has 4 heteroatoms. The Morgan fingerprint density at radius 1 is 0.875 bits per heavy atom. The zero-order valence-electron chi connectivity index (χ0n) is 13.2. The molecule has 0 saturated heterocycles. The summed E-state index contributed by atoms with van der Waals surface area (Å²) in [5.74, 6) is -0.501. The number of oxime groups is 1. The van der Waals surface area contributed by atoms with Gasteiger partial charge in [-0.2, -0.15) is 0 Å². The summed E-state index contributed by atoms with van der Waals surface area (Å²) in [5.41, 5.74) is 3.51. The molecule has 0 bridgehead atoms. The van der Waals surface area contributed by atoms with Crippen LogP contribution in [0.25, 0.3) is 0 Å². The van der Waals surface area contributed by atoms with Crippen molar-refractivity contribution < 1.29 is 9.63 Å². The van der Waals surface area contributed by atoms with Crippen LogP contribution in [0, 0.1) is 6.92 Å². The van der Waals surface area contributed by atoms with E-state index in [1.807, 2.05) is 67.6 Å². The van der Waals surface area contributed by atoms with Crippen molar-refractivity contribution in [1.29, 1.82) is 0 Å². The zero-order valence-corrected chi connectivity index (χ0v) is 13.2. The summed E-state index contributed by atoms with van der Waals surface area (Å²) in [6.45, 7) is 1.96. The van der Waals surface area contributed by atoms with E-state index in [0.717, 1.165) is 11.1 Å². The molecule has 0 saturated carbocycles. The van der Waals surface area contributed by atoms with E-state index in [-0.39, 0.29) is 0 Å². The van der Waals surface area contributed by atoms with Gasteiger partial charge in [0.1, 0.15) is 5.71 Å². The monoisotopic (exact) mass is 316 g/mol. The van der Waals surface area contributed by atoms with Crippen LogP contribution >= 0.6 is 0 Å². The van der Waals surface area contributed by atoms with Crippen molar-refractivity contribution in [2.45, 2.75) is 6.92 Å². The van der Waals surface area contributed by atoms with Gasteiger partial charge in [-0.25, -0.2) is 4.79 Å². The van der Waals surface area contributed by atoms with E-state index >= 15 is 0 Å². The molecule has 0 aliphatic heterocycles. The lowest BCUT2D eigenvalue weighted by atomic mass is 10.1. The van der Waals surface area contributed by atoms with Gasteiger partial charge in [0.2, 0.25) is 0 Å². The second kappa shape index (κ2) is 7.33. The van der Waals surface area contributed by atoms with Crippen molar-refractivity contribution in [2.75, 3.05) is 0 Å². The van der Waals surface area contributed by atoms with Crippen molar-refractivity contribution >= 4 is 11.7 Å². The largest absolute Gasteiger partial charge is 0.365 e. The Bertz CT molecular complexity index is 800. The third-order valence-electron chi connectivity index (χ3n) is 3.46. The first-order valence-corrected chi connectivity index (χ1v) is 7.57. The highest BCUT2D eigenvalue weighted by Crippen LogP contribution is 2.11. The van der Waals surface area contributed by atoms with Gasteiger partial charge in [0.25, 0.3) is 0 Å². The van der Waals surface area contributed by atoms with Gasteiger partial charge < -0.3 is 4.84 Å². The maximum absolute atomic E-state index is 12.2. The van der Waals surface area contributed by atoms with Gasteiger partial charge in [-0.1, -0.05) is 59.3 Å². The first-order valence-electron chi connectivity index (χ1n) is 7.57. The molecule has 24 heavy (non-hydrogen) atoms. The van der Waals surface area contributed by atoms with Crippen LogP contribution in [0.3, 0.4) is 0 Å². The highest BCUT2D eigenvalue weighted by Gasteiger charge is 2.12. The van der Waals surface area contributed by atoms with Gasteiger partial charge in [-0.3, -0.25) is 4.98 Å². The van der Waals surface area contributed by atoms with Crippen LogP contribution in [0.5, 0.6) is 0 Å². The average Bonchev–Trinajstić information content (AvgIpc) is 2.64. The number of benzene rings is 2. The Kier molecular flexibility index (Phi) is 4.77. The molecule has 118 valence electrons. The number of hydrogen-bond acceptors (Lipinski definition) is 4. The normalized spacial score (nSPS) is 11.1. The fraction of sp³-hybridized carbons (Fsp3) is 0.0500. The van der Waals surface area contributed by atoms with Gasteiger partial charge in [0.15, 0.2) is 0 Å². The minimum Gasteiger partial charge on any atom is -0.312 e. The van der Waals surface area contributed by atoms with E-state index in [1.54, 1.807) is 18.3 Å². The first-order chi connectivity index (χ1) is 11.7. The minimum atomic E-state index is -0.501. The number of aromatic nitrogens is 1. The molecule has 0 aliphatic carbocycles. The second-order valence-corrected chi connectivity index (χ2v) is 5.27. The minimum absolute atomic E-state index is 0.456. The molecule has 4 nitrogen and oxygen atoms in total. The third-order valence-corrected chi connectivity index (χ3v) is 3.46. The van der Waals surface area contributed by atoms with Crippen molar-refractivity contribution in [1.82, 2.24) is 4.98 Å². The fourth-order valence-corrected chi connectivity index (χ4v) is 2.18. The summed E-state index contributed by atoms with van der Waals surface area (Å²) >= 11 is 0. The summed E-state index contributed by atoms with van der Waals surface area (Å²) in [5, 5.41) is 4.07. The topological polar surface area (TPSA) is 51.5 Å². The number of pyridine rings is 1. The van der Waals surface area contributed by atoms with E-state index in [9.17, 15) is 4.79 Å². The molecule has 0 fully saturated rings. The zero-order chi connectivity index (χ0) is 16.8. The maximum atomic E-state index is 12.2. The number of aryl methyl sites for hydroxylation is 1. The third kappa shape index (κ3) is 3.73. The molecular formula is C20H16N2O2. The molecule has 3 rings (SSSR count). The molecule has 0 N–H and O–H groups in total. The van der Waals surface area contributed by atoms with Gasteiger partial charge in [-0.05, 0) is 31.2 Å². The number of nitrogens with zero attached hydrogens (tertiary/aromatic N) is 2. The Hall–Kier alpha value is -3.27. The van der Waals surface area contributed by atoms with Crippen LogP contribution in [0.2, 0.25) is 0 Å². The van der Waals surface area contributed by atoms with Gasteiger partial charge >= 0.3 is 5.97 Å². The van der Waals surface area contributed by atoms with Gasteiger partial charge in [0.05, 0.1) is 11.3 Å². The van der Waals surface area contributed by atoms with Crippen LogP contribution in [0.4, 0.5) is 0 Å². The van der Waals surface area contributed by atoms with Gasteiger partial charge in [-0.15, -0.1) is 0 Å². The quantitative estimate of drug-likeness (QED) is 0.415. The highest BCUT2D eigenvalue weighted by molar-refractivity contribution is 6.11. The summed E-state index contributed by atoms with van der Waals surface area (Å²) in [4.78, 5) is 21.6. The molecule has 0 atom stereocenters. The molecule has 0 aliphatic rings. The highest BCUT2D eigenvalue weighted by atomic mass is 16.7. The Morgan fingerprint density at radius 3 is 2.25 bits per heavy atom. The van der Waals surface area contributed by atoms with Gasteiger partial charge in [0, 0.05) is 11.8 Å². The molecule has 0 unspecified atom stereocenters. The SMILES string of the molecule is Cc1ccc(C(=O)ON=C(c2ccccc2)c2ccccn2)cc1. The van der Waals surface area contributed by atoms with Crippen molar-refractivity contribution in [3.05, 3.63) is 101 Å². The van der Waals surface area contributed by atoms with Crippen molar-refractivity contribution in [3.63, 3.8) is 0 Å². The first kappa shape index (κ1) is 15.6. The van der Waals surface area contributed by atoms with E-state index < -0.39 is 5.97 Å². The smallest absolute Gasteiger partial charge is 0.312 e. The average molecular weight is 316 g/mol. The Labute approximate surface area is 140 Å². The molecule has 2 aromatic carbocycles. The molecule has 0 amide bonds. The molecule has 0 radical (unpaired) electrons. The number of carbonyl (C=O) groups is 1. The number of rotatable bonds is 4. The summed E-state index contributed by atoms with van der Waals surface area (Å²) < 4.78 is 0. The van der Waals surface area contributed by atoms with Crippen LogP contribution < -0.4 is 0 Å². The van der Waals surface area contributed by atoms with E-state index in [2.05, 4.69) is 10.1 Å². The number of hydrogen-bond donors (Lipinski definition) is 0. The molecule has 0 spiro atoms. The Morgan fingerprint density at radius 2 is 1.58 bits per heavy atom. The lowest BCUT2D eigenvalue weighted by Gasteiger charge is -2.06. The van der Waals surface area contributed by atoms with Crippen molar-refractivity contribution in [3.8, 4) is 0 Å². The summed E-state index contributed by atoms with van der Waals surface area (Å²) in [6, 6.07) is 22.2. The summed E-state index contributed by atoms with van der Waals surface area (Å²) in [6.07, 6.45) is 1.68. The van der Waals surface area contributed by atoms with E-state index in [0.29, 0.717) is 17.0 Å². The predicted molar refractivity (Wildman–Crippen MR) is 92.9 cm³/mol. The molecule has 3 aromatic rings. The summed E-state index contributed by atoms with van der Waals surface area (Å²) in [7, 11) is 0. The maximum Gasteiger partial charge on any atom is 0.365 e. The number of carbonyl (C=O) groups excluding carboxylic acids is 1. The van der Waals surface area contributed by atoms with Crippen LogP contribution in [0.15, 0.2) is 84.1 Å². The fourth-order valence-electron chi connectivity index (χ4n) is 2.18. The van der Waals surface area contributed by atoms with Crippen LogP contribution in [0.1, 0.15) is 27.2 Å². The van der Waals surface area contributed by atoms with Crippen molar-refractivity contribution in [2.24, 2.45) is 5.16 Å².